The molecule has 0 saturated carbocycles. The lowest BCUT2D eigenvalue weighted by atomic mass is 10.1. The molecule has 2 nitrogen and oxygen atoms in total. The lowest BCUT2D eigenvalue weighted by Crippen LogP contribution is -2.12. The number of hydrogen-bond acceptors (Lipinski definition) is 2. The lowest BCUT2D eigenvalue weighted by molar-refractivity contribution is -0.140. The van der Waals surface area contributed by atoms with E-state index < -0.39 is 11.7 Å². The number of benzene rings is 3. The first-order chi connectivity index (χ1) is 12.5. The summed E-state index contributed by atoms with van der Waals surface area (Å²) in [6.45, 7) is 0.0954. The zero-order valence-corrected chi connectivity index (χ0v) is 13.9. The second kappa shape index (κ2) is 7.95. The van der Waals surface area contributed by atoms with E-state index in [0.29, 0.717) is 0 Å². The molecule has 0 aromatic heterocycles. The van der Waals surface area contributed by atoms with Crippen LogP contribution in [0.25, 0.3) is 0 Å². The molecule has 0 N–H and O–H groups in total. The Morgan fingerprint density at radius 3 is 1.38 bits per heavy atom. The summed E-state index contributed by atoms with van der Waals surface area (Å²) in [6, 6.07) is 22.2. The Bertz CT molecular complexity index is 769. The highest BCUT2D eigenvalue weighted by atomic mass is 19.4. The highest BCUT2D eigenvalue weighted by Crippen LogP contribution is 2.43. The number of ether oxygens (including phenoxy) is 2. The Labute approximate surface area is 149 Å². The fourth-order valence-electron chi connectivity index (χ4n) is 2.50. The van der Waals surface area contributed by atoms with Crippen molar-refractivity contribution in [3.63, 3.8) is 0 Å². The molecule has 5 heteroatoms. The molecule has 0 unspecified atom stereocenters. The average molecular weight is 358 g/mol. The van der Waals surface area contributed by atoms with Gasteiger partial charge in [0.05, 0.1) is 0 Å². The molecule has 0 heterocycles. The third-order valence-electron chi connectivity index (χ3n) is 3.75. The molecule has 26 heavy (non-hydrogen) atoms. The van der Waals surface area contributed by atoms with Crippen molar-refractivity contribution in [1.29, 1.82) is 0 Å². The predicted octanol–water partition coefficient (Wildman–Crippen LogP) is 5.86. The first-order valence-electron chi connectivity index (χ1n) is 8.08. The number of hydrogen-bond donors (Lipinski definition) is 0. The molecular formula is C21H17F3O2. The van der Waals surface area contributed by atoms with E-state index in [2.05, 4.69) is 0 Å². The Kier molecular flexibility index (Phi) is 5.46. The molecule has 0 aliphatic heterocycles. The lowest BCUT2D eigenvalue weighted by Gasteiger charge is -2.18. The number of rotatable bonds is 6. The van der Waals surface area contributed by atoms with Crippen LogP contribution >= 0.6 is 0 Å². The zero-order chi connectivity index (χ0) is 18.4. The van der Waals surface area contributed by atoms with Gasteiger partial charge in [-0.2, -0.15) is 13.2 Å². The largest absolute Gasteiger partial charge is 0.488 e. The van der Waals surface area contributed by atoms with Gasteiger partial charge in [0, 0.05) is 0 Å². The van der Waals surface area contributed by atoms with Crippen LogP contribution in [0.1, 0.15) is 16.7 Å². The topological polar surface area (TPSA) is 18.5 Å². The van der Waals surface area contributed by atoms with E-state index in [9.17, 15) is 13.2 Å². The van der Waals surface area contributed by atoms with Crippen LogP contribution in [0.4, 0.5) is 13.2 Å². The van der Waals surface area contributed by atoms with Gasteiger partial charge < -0.3 is 9.47 Å². The first-order valence-corrected chi connectivity index (χ1v) is 8.08. The van der Waals surface area contributed by atoms with Crippen molar-refractivity contribution in [2.75, 3.05) is 0 Å². The zero-order valence-electron chi connectivity index (χ0n) is 13.9. The standard InChI is InChI=1S/C21H17F3O2/c22-21(23,24)20-18(25-14-16-8-3-1-4-9-16)12-7-13-19(20)26-15-17-10-5-2-6-11-17/h1-13H,14-15H2. The molecule has 0 spiro atoms. The molecule has 0 fully saturated rings. The quantitative estimate of drug-likeness (QED) is 0.549. The van der Waals surface area contributed by atoms with Crippen LogP contribution in [0.2, 0.25) is 0 Å². The summed E-state index contributed by atoms with van der Waals surface area (Å²) in [4.78, 5) is 0. The normalized spacial score (nSPS) is 11.2. The Balaban J connectivity index is 1.82. The number of halogens is 3. The number of alkyl halides is 3. The van der Waals surface area contributed by atoms with Crippen LogP contribution < -0.4 is 9.47 Å². The Morgan fingerprint density at radius 1 is 0.577 bits per heavy atom. The third kappa shape index (κ3) is 4.57. The van der Waals surface area contributed by atoms with E-state index in [1.54, 1.807) is 24.3 Å². The maximum atomic E-state index is 13.6. The van der Waals surface area contributed by atoms with Crippen molar-refractivity contribution >= 4 is 0 Å². The monoisotopic (exact) mass is 358 g/mol. The summed E-state index contributed by atoms with van der Waals surface area (Å²) in [6.07, 6.45) is -4.58. The van der Waals surface area contributed by atoms with Crippen LogP contribution in [0.3, 0.4) is 0 Å². The van der Waals surface area contributed by atoms with Crippen LogP contribution in [0.15, 0.2) is 78.9 Å². The molecule has 0 radical (unpaired) electrons. The minimum atomic E-state index is -4.58. The van der Waals surface area contributed by atoms with Crippen molar-refractivity contribution in [3.05, 3.63) is 95.6 Å². The van der Waals surface area contributed by atoms with E-state index in [4.69, 9.17) is 9.47 Å². The van der Waals surface area contributed by atoms with Gasteiger partial charge in [0.25, 0.3) is 0 Å². The second-order valence-electron chi connectivity index (χ2n) is 5.68. The van der Waals surface area contributed by atoms with Gasteiger partial charge in [0.15, 0.2) is 0 Å². The molecule has 3 rings (SSSR count). The Morgan fingerprint density at radius 2 is 1.00 bits per heavy atom. The summed E-state index contributed by atoms with van der Waals surface area (Å²) in [5.41, 5.74) is 0.680. The highest BCUT2D eigenvalue weighted by Gasteiger charge is 2.38. The molecular weight excluding hydrogens is 341 g/mol. The van der Waals surface area contributed by atoms with Gasteiger partial charge in [0.2, 0.25) is 0 Å². The van der Waals surface area contributed by atoms with E-state index in [1.165, 1.54) is 18.2 Å². The van der Waals surface area contributed by atoms with E-state index in [0.717, 1.165) is 11.1 Å². The minimum Gasteiger partial charge on any atom is -0.488 e. The molecule has 3 aromatic carbocycles. The van der Waals surface area contributed by atoms with Gasteiger partial charge in [-0.1, -0.05) is 66.7 Å². The summed E-state index contributed by atoms with van der Waals surface area (Å²) >= 11 is 0. The van der Waals surface area contributed by atoms with Crippen molar-refractivity contribution in [2.24, 2.45) is 0 Å². The van der Waals surface area contributed by atoms with Crippen molar-refractivity contribution < 1.29 is 22.6 Å². The van der Waals surface area contributed by atoms with Crippen molar-refractivity contribution in [3.8, 4) is 11.5 Å². The molecule has 0 amide bonds. The van der Waals surface area contributed by atoms with Gasteiger partial charge in [-0.25, -0.2) is 0 Å². The average Bonchev–Trinajstić information content (AvgIpc) is 2.65. The predicted molar refractivity (Wildman–Crippen MR) is 93.0 cm³/mol. The Hall–Kier alpha value is -2.95. The molecule has 0 saturated heterocycles. The molecule has 0 bridgehead atoms. The molecule has 0 aliphatic rings. The highest BCUT2D eigenvalue weighted by molar-refractivity contribution is 5.47. The van der Waals surface area contributed by atoms with E-state index in [1.807, 2.05) is 36.4 Å². The maximum absolute atomic E-state index is 13.6. The minimum absolute atomic E-state index is 0.0477. The van der Waals surface area contributed by atoms with Crippen LogP contribution in [0, 0.1) is 0 Å². The SMILES string of the molecule is FC(F)(F)c1c(OCc2ccccc2)cccc1OCc1ccccc1. The van der Waals surface area contributed by atoms with Gasteiger partial charge in [-0.15, -0.1) is 0 Å². The van der Waals surface area contributed by atoms with Gasteiger partial charge in [-0.3, -0.25) is 0 Å². The smallest absolute Gasteiger partial charge is 0.423 e. The second-order valence-corrected chi connectivity index (χ2v) is 5.68. The van der Waals surface area contributed by atoms with Crippen LogP contribution in [-0.2, 0) is 19.4 Å². The first kappa shape index (κ1) is 17.9. The van der Waals surface area contributed by atoms with Crippen LogP contribution in [0.5, 0.6) is 11.5 Å². The van der Waals surface area contributed by atoms with Gasteiger partial charge in [-0.05, 0) is 23.3 Å². The van der Waals surface area contributed by atoms with Gasteiger partial charge in [0.1, 0.15) is 30.3 Å². The summed E-state index contributed by atoms with van der Waals surface area (Å²) in [5.74, 6) is -0.487. The fourth-order valence-corrected chi connectivity index (χ4v) is 2.50. The van der Waals surface area contributed by atoms with Crippen molar-refractivity contribution in [2.45, 2.75) is 19.4 Å². The molecule has 134 valence electrons. The molecule has 3 aromatic rings. The van der Waals surface area contributed by atoms with Crippen molar-refractivity contribution in [1.82, 2.24) is 0 Å². The van der Waals surface area contributed by atoms with E-state index >= 15 is 0 Å². The molecule has 0 aliphatic carbocycles. The van der Waals surface area contributed by atoms with E-state index in [-0.39, 0.29) is 24.7 Å². The third-order valence-corrected chi connectivity index (χ3v) is 3.75. The molecule has 0 atom stereocenters. The summed E-state index contributed by atoms with van der Waals surface area (Å²) in [7, 11) is 0. The summed E-state index contributed by atoms with van der Waals surface area (Å²) in [5, 5.41) is 0. The van der Waals surface area contributed by atoms with Crippen LogP contribution in [-0.4, -0.2) is 0 Å². The summed E-state index contributed by atoms with van der Waals surface area (Å²) < 4.78 is 51.7. The maximum Gasteiger partial charge on any atom is 0.423 e. The van der Waals surface area contributed by atoms with Gasteiger partial charge >= 0.3 is 6.18 Å². The fraction of sp³-hybridized carbons (Fsp3) is 0.143.